The van der Waals surface area contributed by atoms with Gasteiger partial charge >= 0.3 is 5.97 Å². The van der Waals surface area contributed by atoms with Gasteiger partial charge in [0.15, 0.2) is 0 Å². The summed E-state index contributed by atoms with van der Waals surface area (Å²) in [6.45, 7) is 1.95. The summed E-state index contributed by atoms with van der Waals surface area (Å²) >= 11 is 0. The molecule has 78 valence electrons. The maximum absolute atomic E-state index is 11.3. The van der Waals surface area contributed by atoms with Crippen molar-refractivity contribution in [1.29, 1.82) is 0 Å². The van der Waals surface area contributed by atoms with Crippen LogP contribution in [-0.4, -0.2) is 21.0 Å². The summed E-state index contributed by atoms with van der Waals surface area (Å²) in [6.07, 6.45) is 0.846. The van der Waals surface area contributed by atoms with Crippen LogP contribution < -0.4 is 0 Å². The molecule has 1 atom stereocenters. The molecule has 1 unspecified atom stereocenters. The highest BCUT2D eigenvalue weighted by Crippen LogP contribution is 2.10. The molecule has 0 aliphatic heterocycles. The highest BCUT2D eigenvalue weighted by atomic mass is 32.2. The normalized spacial score (nSPS) is 12.6. The molecule has 0 aliphatic rings. The molecule has 0 fully saturated rings. The summed E-state index contributed by atoms with van der Waals surface area (Å²) in [7, 11) is -0.958. The predicted molar refractivity (Wildman–Crippen MR) is 52.7 cm³/mol. The highest BCUT2D eigenvalue weighted by molar-refractivity contribution is 7.84. The number of hydrogen-bond donors (Lipinski definition) is 1. The lowest BCUT2D eigenvalue weighted by atomic mass is 10.4. The zero-order valence-electron chi connectivity index (χ0n) is 7.86. The van der Waals surface area contributed by atoms with Crippen molar-refractivity contribution in [2.45, 2.75) is 19.1 Å². The minimum absolute atomic E-state index is 0.103. The number of aromatic carboxylic acids is 1. The van der Waals surface area contributed by atoms with Crippen LogP contribution in [0.3, 0.4) is 0 Å². The molecule has 5 heteroatoms. The van der Waals surface area contributed by atoms with E-state index in [9.17, 15) is 9.00 Å². The molecule has 1 aromatic heterocycles. The van der Waals surface area contributed by atoms with Gasteiger partial charge in [-0.1, -0.05) is 6.92 Å². The molecular formula is C9H12O4S. The minimum Gasteiger partial charge on any atom is -0.475 e. The lowest BCUT2D eigenvalue weighted by molar-refractivity contribution is 0.0661. The first-order valence-electron chi connectivity index (χ1n) is 4.30. The van der Waals surface area contributed by atoms with Crippen molar-refractivity contribution in [2.24, 2.45) is 0 Å². The molecule has 0 aliphatic carbocycles. The fraction of sp³-hybridized carbons (Fsp3) is 0.444. The van der Waals surface area contributed by atoms with E-state index >= 15 is 0 Å². The predicted octanol–water partition coefficient (Wildman–Crippen LogP) is 1.64. The Morgan fingerprint density at radius 3 is 2.79 bits per heavy atom. The number of carboxylic acid groups (broad SMARTS) is 1. The average molecular weight is 216 g/mol. The molecule has 0 amide bonds. The van der Waals surface area contributed by atoms with Gasteiger partial charge in [0.05, 0.1) is 5.75 Å². The lowest BCUT2D eigenvalue weighted by Gasteiger charge is -1.96. The van der Waals surface area contributed by atoms with E-state index in [1.54, 1.807) is 6.07 Å². The topological polar surface area (TPSA) is 67.5 Å². The zero-order valence-corrected chi connectivity index (χ0v) is 8.67. The van der Waals surface area contributed by atoms with Crippen molar-refractivity contribution >= 4 is 16.8 Å². The van der Waals surface area contributed by atoms with Crippen LogP contribution in [-0.2, 0) is 16.6 Å². The van der Waals surface area contributed by atoms with Crippen LogP contribution in [0.5, 0.6) is 0 Å². The third-order valence-electron chi connectivity index (χ3n) is 1.61. The largest absolute Gasteiger partial charge is 0.475 e. The summed E-state index contributed by atoms with van der Waals surface area (Å²) < 4.78 is 16.3. The molecule has 14 heavy (non-hydrogen) atoms. The molecule has 0 aromatic carbocycles. The molecule has 0 bridgehead atoms. The monoisotopic (exact) mass is 216 g/mol. The van der Waals surface area contributed by atoms with Crippen molar-refractivity contribution in [3.8, 4) is 0 Å². The Kier molecular flexibility index (Phi) is 3.88. The summed E-state index contributed by atoms with van der Waals surface area (Å²) in [5, 5.41) is 8.57. The second kappa shape index (κ2) is 4.95. The van der Waals surface area contributed by atoms with E-state index in [2.05, 4.69) is 0 Å². The van der Waals surface area contributed by atoms with Crippen LogP contribution in [0, 0.1) is 0 Å². The van der Waals surface area contributed by atoms with Crippen LogP contribution in [0.25, 0.3) is 0 Å². The van der Waals surface area contributed by atoms with Crippen LogP contribution >= 0.6 is 0 Å². The van der Waals surface area contributed by atoms with E-state index in [-0.39, 0.29) is 5.76 Å². The van der Waals surface area contributed by atoms with Crippen molar-refractivity contribution in [3.63, 3.8) is 0 Å². The SMILES string of the molecule is CCCS(=O)Cc1ccc(C(=O)O)o1. The van der Waals surface area contributed by atoms with Crippen LogP contribution in [0.2, 0.25) is 0 Å². The quantitative estimate of drug-likeness (QED) is 0.812. The fourth-order valence-electron chi connectivity index (χ4n) is 1.03. The second-order valence-corrected chi connectivity index (χ2v) is 4.44. The van der Waals surface area contributed by atoms with Crippen molar-refractivity contribution in [3.05, 3.63) is 23.7 Å². The molecule has 1 aromatic rings. The van der Waals surface area contributed by atoms with E-state index in [0.717, 1.165) is 6.42 Å². The third-order valence-corrected chi connectivity index (χ3v) is 3.08. The van der Waals surface area contributed by atoms with Crippen LogP contribution in [0.4, 0.5) is 0 Å². The molecule has 1 rings (SSSR count). The Morgan fingerprint density at radius 1 is 1.57 bits per heavy atom. The van der Waals surface area contributed by atoms with Crippen molar-refractivity contribution in [1.82, 2.24) is 0 Å². The van der Waals surface area contributed by atoms with E-state index < -0.39 is 16.8 Å². The lowest BCUT2D eigenvalue weighted by Crippen LogP contribution is -1.99. The third kappa shape index (κ3) is 2.99. The van der Waals surface area contributed by atoms with E-state index in [1.165, 1.54) is 6.07 Å². The van der Waals surface area contributed by atoms with E-state index in [0.29, 0.717) is 17.3 Å². The molecule has 1 heterocycles. The first-order valence-corrected chi connectivity index (χ1v) is 5.79. The van der Waals surface area contributed by atoms with E-state index in [1.807, 2.05) is 6.92 Å². The zero-order chi connectivity index (χ0) is 10.6. The van der Waals surface area contributed by atoms with Gasteiger partial charge < -0.3 is 9.52 Å². The van der Waals surface area contributed by atoms with E-state index in [4.69, 9.17) is 9.52 Å². The molecule has 0 saturated heterocycles. The van der Waals surface area contributed by atoms with Gasteiger partial charge in [-0.15, -0.1) is 0 Å². The minimum atomic E-state index is -1.10. The maximum Gasteiger partial charge on any atom is 0.371 e. The molecule has 0 radical (unpaired) electrons. The first kappa shape index (κ1) is 11.0. The Morgan fingerprint density at radius 2 is 2.29 bits per heavy atom. The number of carboxylic acids is 1. The highest BCUT2D eigenvalue weighted by Gasteiger charge is 2.10. The summed E-state index contributed by atoms with van der Waals surface area (Å²) in [5.74, 6) is 0.171. The number of furan rings is 1. The van der Waals surface area contributed by atoms with Gasteiger partial charge in [-0.05, 0) is 18.6 Å². The van der Waals surface area contributed by atoms with Gasteiger partial charge in [0.2, 0.25) is 5.76 Å². The Balaban J connectivity index is 2.59. The average Bonchev–Trinajstić information content (AvgIpc) is 2.53. The first-order chi connectivity index (χ1) is 6.63. The summed E-state index contributed by atoms with van der Waals surface area (Å²) in [5.41, 5.74) is 0. The van der Waals surface area contributed by atoms with Crippen LogP contribution in [0.15, 0.2) is 16.5 Å². The molecule has 4 nitrogen and oxygen atoms in total. The van der Waals surface area contributed by atoms with Gasteiger partial charge in [-0.25, -0.2) is 4.79 Å². The Hall–Kier alpha value is -1.10. The molecular weight excluding hydrogens is 204 g/mol. The molecule has 1 N–H and O–H groups in total. The van der Waals surface area contributed by atoms with Crippen LogP contribution in [0.1, 0.15) is 29.7 Å². The second-order valence-electron chi connectivity index (χ2n) is 2.86. The summed E-state index contributed by atoms with van der Waals surface area (Å²) in [4.78, 5) is 10.5. The Labute approximate surface area is 84.4 Å². The van der Waals surface area contributed by atoms with Crippen molar-refractivity contribution in [2.75, 3.05) is 5.75 Å². The summed E-state index contributed by atoms with van der Waals surface area (Å²) in [6, 6.07) is 2.93. The maximum atomic E-state index is 11.3. The molecule has 0 saturated carbocycles. The standard InChI is InChI=1S/C9H12O4S/c1-2-5-14(12)6-7-3-4-8(13-7)9(10)11/h3-4H,2,5-6H2,1H3,(H,10,11). The van der Waals surface area contributed by atoms with Gasteiger partial charge in [0.1, 0.15) is 5.76 Å². The number of rotatable bonds is 5. The number of hydrogen-bond acceptors (Lipinski definition) is 3. The van der Waals surface area contributed by atoms with Gasteiger partial charge in [0.25, 0.3) is 0 Å². The smallest absolute Gasteiger partial charge is 0.371 e. The molecule has 0 spiro atoms. The van der Waals surface area contributed by atoms with Crippen molar-refractivity contribution < 1.29 is 18.5 Å². The fourth-order valence-corrected chi connectivity index (χ4v) is 2.10. The van der Waals surface area contributed by atoms with Gasteiger partial charge in [-0.2, -0.15) is 0 Å². The van der Waals surface area contributed by atoms with Gasteiger partial charge in [-0.3, -0.25) is 4.21 Å². The number of carbonyl (C=O) groups is 1. The van der Waals surface area contributed by atoms with Gasteiger partial charge in [0, 0.05) is 16.6 Å². The Bertz CT molecular complexity index is 342.